The molecule has 3 rings (SSSR count). The Morgan fingerprint density at radius 2 is 1.59 bits per heavy atom. The molecule has 1 aliphatic heterocycles. The van der Waals surface area contributed by atoms with E-state index in [1.807, 2.05) is 36.4 Å². The highest BCUT2D eigenvalue weighted by molar-refractivity contribution is 6.46. The Morgan fingerprint density at radius 1 is 0.963 bits per heavy atom. The van der Waals surface area contributed by atoms with Crippen LogP contribution in [-0.2, 0) is 14.3 Å². The van der Waals surface area contributed by atoms with Crippen molar-refractivity contribution in [3.05, 3.63) is 77.4 Å². The molecule has 6 nitrogen and oxygen atoms in total. The number of carbonyl (C=O) groups excluding carboxylic acids is 2. The second kappa shape index (κ2) is 8.62. The van der Waals surface area contributed by atoms with Crippen molar-refractivity contribution in [1.29, 1.82) is 0 Å². The van der Waals surface area contributed by atoms with Gasteiger partial charge < -0.3 is 19.8 Å². The Bertz CT molecular complexity index is 832. The van der Waals surface area contributed by atoms with Gasteiger partial charge in [-0.05, 0) is 5.56 Å². The summed E-state index contributed by atoms with van der Waals surface area (Å²) >= 11 is 0. The molecule has 0 aromatic heterocycles. The number of amides is 1. The van der Waals surface area contributed by atoms with Crippen LogP contribution in [0.1, 0.15) is 17.2 Å². The molecular formula is C21H21NO5. The first-order valence-corrected chi connectivity index (χ1v) is 8.72. The van der Waals surface area contributed by atoms with E-state index in [0.717, 1.165) is 5.56 Å². The zero-order valence-electron chi connectivity index (χ0n) is 14.7. The highest BCUT2D eigenvalue weighted by atomic mass is 16.5. The van der Waals surface area contributed by atoms with E-state index in [0.29, 0.717) is 5.56 Å². The van der Waals surface area contributed by atoms with Gasteiger partial charge in [0, 0.05) is 12.1 Å². The van der Waals surface area contributed by atoms with E-state index in [1.165, 1.54) is 4.90 Å². The molecule has 0 bridgehead atoms. The summed E-state index contributed by atoms with van der Waals surface area (Å²) in [4.78, 5) is 26.7. The Morgan fingerprint density at radius 3 is 2.22 bits per heavy atom. The normalized spacial score (nSPS) is 18.9. The number of rotatable bonds is 7. The average molecular weight is 367 g/mol. The maximum absolute atomic E-state index is 12.7. The average Bonchev–Trinajstić information content (AvgIpc) is 2.97. The smallest absolute Gasteiger partial charge is 0.295 e. The lowest BCUT2D eigenvalue weighted by Gasteiger charge is -2.25. The molecule has 0 unspecified atom stereocenters. The van der Waals surface area contributed by atoms with Gasteiger partial charge in [-0.25, -0.2) is 0 Å². The van der Waals surface area contributed by atoms with Gasteiger partial charge in [-0.3, -0.25) is 9.59 Å². The molecule has 0 saturated carbocycles. The predicted molar refractivity (Wildman–Crippen MR) is 99.8 cm³/mol. The fourth-order valence-corrected chi connectivity index (χ4v) is 3.17. The molecule has 1 fully saturated rings. The molecule has 140 valence electrons. The molecule has 0 aliphatic carbocycles. The minimum Gasteiger partial charge on any atom is -0.507 e. The number of aliphatic hydroxyl groups excluding tert-OH is 2. The van der Waals surface area contributed by atoms with Crippen molar-refractivity contribution in [2.45, 2.75) is 6.04 Å². The first kappa shape index (κ1) is 18.8. The van der Waals surface area contributed by atoms with Gasteiger partial charge in [0.15, 0.2) is 0 Å². The maximum atomic E-state index is 12.7. The topological polar surface area (TPSA) is 87.1 Å². The number of ketones is 1. The van der Waals surface area contributed by atoms with Crippen molar-refractivity contribution in [2.75, 3.05) is 26.4 Å². The largest absolute Gasteiger partial charge is 0.507 e. The number of nitrogens with zero attached hydrogens (tertiary/aromatic N) is 1. The van der Waals surface area contributed by atoms with Gasteiger partial charge in [0.1, 0.15) is 5.76 Å². The molecule has 2 aromatic carbocycles. The minimum atomic E-state index is -0.715. The maximum Gasteiger partial charge on any atom is 0.295 e. The Labute approximate surface area is 157 Å². The molecule has 1 atom stereocenters. The second-order valence-electron chi connectivity index (χ2n) is 6.11. The van der Waals surface area contributed by atoms with Crippen molar-refractivity contribution >= 4 is 17.4 Å². The van der Waals surface area contributed by atoms with E-state index in [2.05, 4.69) is 0 Å². The quantitative estimate of drug-likeness (QED) is 0.339. The highest BCUT2D eigenvalue weighted by Gasteiger charge is 2.45. The number of hydrogen-bond acceptors (Lipinski definition) is 5. The zero-order valence-corrected chi connectivity index (χ0v) is 14.7. The Balaban J connectivity index is 2.03. The Kier molecular flexibility index (Phi) is 6.01. The summed E-state index contributed by atoms with van der Waals surface area (Å²) in [5.74, 6) is -1.58. The van der Waals surface area contributed by atoms with E-state index in [1.54, 1.807) is 24.3 Å². The third-order valence-electron chi connectivity index (χ3n) is 4.41. The van der Waals surface area contributed by atoms with Crippen LogP contribution < -0.4 is 0 Å². The minimum absolute atomic E-state index is 0.0690. The lowest BCUT2D eigenvalue weighted by atomic mass is 9.95. The van der Waals surface area contributed by atoms with Crippen LogP contribution in [-0.4, -0.2) is 53.2 Å². The van der Waals surface area contributed by atoms with E-state index in [9.17, 15) is 14.7 Å². The van der Waals surface area contributed by atoms with Crippen molar-refractivity contribution in [3.63, 3.8) is 0 Å². The summed E-state index contributed by atoms with van der Waals surface area (Å²) in [6.07, 6.45) is 0. The van der Waals surface area contributed by atoms with Crippen LogP contribution in [0.2, 0.25) is 0 Å². The van der Waals surface area contributed by atoms with E-state index < -0.39 is 17.7 Å². The molecule has 1 heterocycles. The van der Waals surface area contributed by atoms with Gasteiger partial charge in [-0.2, -0.15) is 0 Å². The fraction of sp³-hybridized carbons (Fsp3) is 0.238. The molecule has 1 amide bonds. The Hall–Kier alpha value is -2.96. The van der Waals surface area contributed by atoms with Crippen LogP contribution in [0.25, 0.3) is 5.76 Å². The monoisotopic (exact) mass is 367 g/mol. The van der Waals surface area contributed by atoms with Gasteiger partial charge in [0.2, 0.25) is 0 Å². The summed E-state index contributed by atoms with van der Waals surface area (Å²) in [6, 6.07) is 17.1. The molecule has 0 radical (unpaired) electrons. The second-order valence-corrected chi connectivity index (χ2v) is 6.11. The van der Waals surface area contributed by atoms with Crippen molar-refractivity contribution in [2.24, 2.45) is 0 Å². The third kappa shape index (κ3) is 3.92. The predicted octanol–water partition coefficient (Wildman–Crippen LogP) is 2.12. The number of hydrogen-bond donors (Lipinski definition) is 2. The SMILES string of the molecule is O=C1C(=O)N(CCOCCO)[C@H](c2ccccc2)C1=C(O)c1ccccc1. The molecule has 0 spiro atoms. The first-order chi connectivity index (χ1) is 13.1. The highest BCUT2D eigenvalue weighted by Crippen LogP contribution is 2.38. The van der Waals surface area contributed by atoms with Gasteiger partial charge >= 0.3 is 0 Å². The van der Waals surface area contributed by atoms with Crippen LogP contribution in [0.3, 0.4) is 0 Å². The van der Waals surface area contributed by atoms with Gasteiger partial charge in [0.25, 0.3) is 11.7 Å². The summed E-state index contributed by atoms with van der Waals surface area (Å²) in [7, 11) is 0. The first-order valence-electron chi connectivity index (χ1n) is 8.72. The van der Waals surface area contributed by atoms with Crippen LogP contribution in [0.4, 0.5) is 0 Å². The number of likely N-dealkylation sites (tertiary alicyclic amines) is 1. The van der Waals surface area contributed by atoms with E-state index in [4.69, 9.17) is 9.84 Å². The summed E-state index contributed by atoms with van der Waals surface area (Å²) in [5.41, 5.74) is 1.28. The number of aliphatic hydroxyl groups is 2. The lowest BCUT2D eigenvalue weighted by molar-refractivity contribution is -0.140. The third-order valence-corrected chi connectivity index (χ3v) is 4.41. The van der Waals surface area contributed by atoms with Crippen molar-refractivity contribution in [1.82, 2.24) is 4.90 Å². The summed E-state index contributed by atoms with van der Waals surface area (Å²) in [6.45, 7) is 0.400. The zero-order chi connectivity index (χ0) is 19.2. The van der Waals surface area contributed by atoms with Crippen molar-refractivity contribution in [3.8, 4) is 0 Å². The fourth-order valence-electron chi connectivity index (χ4n) is 3.17. The van der Waals surface area contributed by atoms with Gasteiger partial charge in [0.05, 0.1) is 31.4 Å². The van der Waals surface area contributed by atoms with Crippen LogP contribution >= 0.6 is 0 Å². The number of Topliss-reactive ketones (excluding diaryl/α,β-unsaturated/α-hetero) is 1. The van der Waals surface area contributed by atoms with E-state index >= 15 is 0 Å². The van der Waals surface area contributed by atoms with Crippen LogP contribution in [0.15, 0.2) is 66.2 Å². The van der Waals surface area contributed by atoms with Crippen molar-refractivity contribution < 1.29 is 24.5 Å². The summed E-state index contributed by atoms with van der Waals surface area (Å²) < 4.78 is 5.26. The number of benzene rings is 2. The molecule has 1 aliphatic rings. The van der Waals surface area contributed by atoms with Gasteiger partial charge in [-0.1, -0.05) is 60.7 Å². The van der Waals surface area contributed by atoms with Crippen LogP contribution in [0.5, 0.6) is 0 Å². The molecule has 1 saturated heterocycles. The molecule has 2 N–H and O–H groups in total. The molecule has 6 heteroatoms. The number of carbonyl (C=O) groups is 2. The van der Waals surface area contributed by atoms with E-state index in [-0.39, 0.29) is 37.7 Å². The molecular weight excluding hydrogens is 346 g/mol. The standard InChI is InChI=1S/C21H21NO5/c23-12-14-27-13-11-22-18(15-7-3-1-4-8-15)17(20(25)21(22)26)19(24)16-9-5-2-6-10-16/h1-10,18,23-24H,11-14H2/t18-/m1/s1. The van der Waals surface area contributed by atoms with Crippen LogP contribution in [0, 0.1) is 0 Å². The molecule has 27 heavy (non-hydrogen) atoms. The number of ether oxygens (including phenoxy) is 1. The van der Waals surface area contributed by atoms with Gasteiger partial charge in [-0.15, -0.1) is 0 Å². The summed E-state index contributed by atoms with van der Waals surface area (Å²) in [5, 5.41) is 19.6. The molecule has 2 aromatic rings. The lowest BCUT2D eigenvalue weighted by Crippen LogP contribution is -2.33.